The number of rotatable bonds is 2. The average molecular weight is 295 g/mol. The molecule has 0 saturated carbocycles. The molecule has 1 aliphatic heterocycles. The number of likely N-dealkylation sites (tertiary alicyclic amines) is 1. The normalized spacial score (nSPS) is 21.6. The van der Waals surface area contributed by atoms with E-state index in [1.54, 1.807) is 18.3 Å². The Bertz CT molecular complexity index is 671. The largest absolute Gasteiger partial charge is 0.384 e. The predicted octanol–water partition coefficient (Wildman–Crippen LogP) is 2.86. The summed E-state index contributed by atoms with van der Waals surface area (Å²) in [6, 6.07) is 13.8. The summed E-state index contributed by atoms with van der Waals surface area (Å²) in [7, 11) is 0. The first-order chi connectivity index (χ1) is 10.6. The van der Waals surface area contributed by atoms with Gasteiger partial charge >= 0.3 is 0 Å². The molecule has 2 N–H and O–H groups in total. The van der Waals surface area contributed by atoms with E-state index >= 15 is 0 Å². The molecule has 2 aromatic rings. The zero-order valence-electron chi connectivity index (χ0n) is 12.8. The molecule has 0 aliphatic carbocycles. The highest BCUT2D eigenvalue weighted by molar-refractivity contribution is 5.94. The van der Waals surface area contributed by atoms with Crippen molar-refractivity contribution in [2.24, 2.45) is 0 Å². The average Bonchev–Trinajstić information content (AvgIpc) is 2.55. The summed E-state index contributed by atoms with van der Waals surface area (Å²) in [5.41, 5.74) is 7.60. The molecular formula is C18H21N3O. The van der Waals surface area contributed by atoms with Crippen molar-refractivity contribution in [1.29, 1.82) is 0 Å². The van der Waals surface area contributed by atoms with Gasteiger partial charge in [-0.3, -0.25) is 4.79 Å². The molecular weight excluding hydrogens is 274 g/mol. The number of carbonyl (C=O) groups excluding carboxylic acids is 1. The maximum atomic E-state index is 12.7. The van der Waals surface area contributed by atoms with Gasteiger partial charge in [0.2, 0.25) is 0 Å². The minimum Gasteiger partial charge on any atom is -0.384 e. The zero-order valence-corrected chi connectivity index (χ0v) is 12.8. The van der Waals surface area contributed by atoms with E-state index in [1.807, 2.05) is 11.0 Å². The first kappa shape index (κ1) is 14.6. The van der Waals surface area contributed by atoms with E-state index in [9.17, 15) is 4.79 Å². The van der Waals surface area contributed by atoms with Gasteiger partial charge < -0.3 is 10.6 Å². The molecule has 1 unspecified atom stereocenters. The quantitative estimate of drug-likeness (QED) is 0.926. The minimum absolute atomic E-state index is 0.00768. The molecule has 1 saturated heterocycles. The highest BCUT2D eigenvalue weighted by atomic mass is 16.2. The van der Waals surface area contributed by atoms with Crippen molar-refractivity contribution in [3.8, 4) is 0 Å². The zero-order chi connectivity index (χ0) is 15.6. The molecule has 0 radical (unpaired) electrons. The van der Waals surface area contributed by atoms with Crippen molar-refractivity contribution in [2.75, 3.05) is 18.8 Å². The second-order valence-corrected chi connectivity index (χ2v) is 6.23. The van der Waals surface area contributed by atoms with Gasteiger partial charge in [-0.05, 0) is 30.5 Å². The van der Waals surface area contributed by atoms with Crippen LogP contribution in [-0.4, -0.2) is 28.9 Å². The van der Waals surface area contributed by atoms with Crippen LogP contribution in [0.3, 0.4) is 0 Å². The number of hydrogen-bond acceptors (Lipinski definition) is 3. The number of nitrogen functional groups attached to an aromatic ring is 1. The van der Waals surface area contributed by atoms with Crippen molar-refractivity contribution in [2.45, 2.75) is 25.2 Å². The van der Waals surface area contributed by atoms with Gasteiger partial charge in [0.1, 0.15) is 5.82 Å². The summed E-state index contributed by atoms with van der Waals surface area (Å²) in [5, 5.41) is 0. The number of pyridine rings is 1. The second kappa shape index (κ2) is 5.79. The third-order valence-electron chi connectivity index (χ3n) is 4.48. The molecule has 4 nitrogen and oxygen atoms in total. The molecule has 2 heterocycles. The maximum absolute atomic E-state index is 12.7. The van der Waals surface area contributed by atoms with Crippen LogP contribution in [0.25, 0.3) is 0 Å². The van der Waals surface area contributed by atoms with Gasteiger partial charge in [0, 0.05) is 30.3 Å². The fraction of sp³-hybridized carbons (Fsp3) is 0.333. The molecule has 1 aromatic carbocycles. The number of anilines is 1. The first-order valence-electron chi connectivity index (χ1n) is 7.65. The Morgan fingerprint density at radius 2 is 2.05 bits per heavy atom. The highest BCUT2D eigenvalue weighted by Gasteiger charge is 2.34. The molecule has 1 atom stereocenters. The van der Waals surface area contributed by atoms with Gasteiger partial charge in [0.25, 0.3) is 5.91 Å². The number of benzene rings is 1. The SMILES string of the molecule is CC1(c2ccccc2)CCCN(C(=O)c2ccnc(N)c2)C1. The van der Waals surface area contributed by atoms with Gasteiger partial charge in [-0.25, -0.2) is 4.98 Å². The summed E-state index contributed by atoms with van der Waals surface area (Å²) in [4.78, 5) is 18.6. The van der Waals surface area contributed by atoms with Crippen LogP contribution in [0.2, 0.25) is 0 Å². The van der Waals surface area contributed by atoms with Crippen LogP contribution in [0, 0.1) is 0 Å². The van der Waals surface area contributed by atoms with Crippen LogP contribution in [0.1, 0.15) is 35.7 Å². The molecule has 0 bridgehead atoms. The van der Waals surface area contributed by atoms with Crippen molar-refractivity contribution in [1.82, 2.24) is 9.88 Å². The van der Waals surface area contributed by atoms with Gasteiger partial charge in [0.15, 0.2) is 0 Å². The third-order valence-corrected chi connectivity index (χ3v) is 4.48. The van der Waals surface area contributed by atoms with Crippen LogP contribution < -0.4 is 5.73 Å². The number of amides is 1. The van der Waals surface area contributed by atoms with Gasteiger partial charge in [0.05, 0.1) is 0 Å². The van der Waals surface area contributed by atoms with Gasteiger partial charge in [-0.2, -0.15) is 0 Å². The fourth-order valence-corrected chi connectivity index (χ4v) is 3.25. The van der Waals surface area contributed by atoms with E-state index in [-0.39, 0.29) is 11.3 Å². The Kier molecular flexibility index (Phi) is 3.84. The standard InChI is InChI=1S/C18H21N3O/c1-18(15-6-3-2-4-7-15)9-5-11-21(13-18)17(22)14-8-10-20-16(19)12-14/h2-4,6-8,10,12H,5,9,11,13H2,1H3,(H2,19,20). The van der Waals surface area contributed by atoms with Crippen LogP contribution in [-0.2, 0) is 5.41 Å². The lowest BCUT2D eigenvalue weighted by atomic mass is 9.76. The number of hydrogen-bond donors (Lipinski definition) is 1. The number of nitrogens with two attached hydrogens (primary N) is 1. The second-order valence-electron chi connectivity index (χ2n) is 6.23. The monoisotopic (exact) mass is 295 g/mol. The number of piperidine rings is 1. The van der Waals surface area contributed by atoms with Crippen molar-refractivity contribution >= 4 is 11.7 Å². The van der Waals surface area contributed by atoms with Crippen molar-refractivity contribution in [3.05, 3.63) is 59.8 Å². The summed E-state index contributed by atoms with van der Waals surface area (Å²) in [6.45, 7) is 3.77. The lowest BCUT2D eigenvalue weighted by Crippen LogP contribution is -2.47. The predicted molar refractivity (Wildman–Crippen MR) is 87.6 cm³/mol. The van der Waals surface area contributed by atoms with E-state index in [4.69, 9.17) is 5.73 Å². The fourth-order valence-electron chi connectivity index (χ4n) is 3.25. The minimum atomic E-state index is 0.00768. The van der Waals surface area contributed by atoms with Crippen LogP contribution in [0.15, 0.2) is 48.7 Å². The Labute approximate surface area is 131 Å². The molecule has 4 heteroatoms. The molecule has 3 rings (SSSR count). The number of nitrogens with zero attached hydrogens (tertiary/aromatic N) is 2. The summed E-state index contributed by atoms with van der Waals surface area (Å²) in [5.74, 6) is 0.421. The van der Waals surface area contributed by atoms with E-state index in [0.29, 0.717) is 11.4 Å². The topological polar surface area (TPSA) is 59.2 Å². The maximum Gasteiger partial charge on any atom is 0.254 e. The lowest BCUT2D eigenvalue weighted by Gasteiger charge is -2.41. The molecule has 22 heavy (non-hydrogen) atoms. The molecule has 0 spiro atoms. The number of aromatic nitrogens is 1. The van der Waals surface area contributed by atoms with E-state index in [1.165, 1.54) is 5.56 Å². The van der Waals surface area contributed by atoms with Gasteiger partial charge in [-0.15, -0.1) is 0 Å². The summed E-state index contributed by atoms with van der Waals surface area (Å²) < 4.78 is 0. The first-order valence-corrected chi connectivity index (χ1v) is 7.65. The molecule has 114 valence electrons. The Balaban J connectivity index is 1.83. The molecule has 1 amide bonds. The molecule has 1 fully saturated rings. The summed E-state index contributed by atoms with van der Waals surface area (Å²) >= 11 is 0. The van der Waals surface area contributed by atoms with E-state index in [0.717, 1.165) is 25.9 Å². The molecule has 1 aliphatic rings. The lowest BCUT2D eigenvalue weighted by molar-refractivity contribution is 0.0651. The smallest absolute Gasteiger partial charge is 0.254 e. The number of carbonyl (C=O) groups is 1. The van der Waals surface area contributed by atoms with E-state index in [2.05, 4.69) is 36.2 Å². The van der Waals surface area contributed by atoms with Crippen molar-refractivity contribution in [3.63, 3.8) is 0 Å². The van der Waals surface area contributed by atoms with Crippen molar-refractivity contribution < 1.29 is 4.79 Å². The van der Waals surface area contributed by atoms with Gasteiger partial charge in [-0.1, -0.05) is 37.3 Å². The van der Waals surface area contributed by atoms with E-state index < -0.39 is 0 Å². The Hall–Kier alpha value is -2.36. The highest BCUT2D eigenvalue weighted by Crippen LogP contribution is 2.34. The van der Waals surface area contributed by atoms with Crippen LogP contribution in [0.4, 0.5) is 5.82 Å². The Morgan fingerprint density at radius 1 is 1.27 bits per heavy atom. The Morgan fingerprint density at radius 3 is 2.77 bits per heavy atom. The third kappa shape index (κ3) is 2.82. The molecule has 1 aromatic heterocycles. The van der Waals surface area contributed by atoms with Crippen LogP contribution in [0.5, 0.6) is 0 Å². The van der Waals surface area contributed by atoms with Crippen LogP contribution >= 0.6 is 0 Å². The summed E-state index contributed by atoms with van der Waals surface area (Å²) in [6.07, 6.45) is 3.69.